The number of anilines is 2. The Kier molecular flexibility index (Phi) is 8.71. The third-order valence-electron chi connectivity index (χ3n) is 4.65. The Bertz CT molecular complexity index is 1020. The van der Waals surface area contributed by atoms with Crippen molar-refractivity contribution in [2.24, 2.45) is 0 Å². The summed E-state index contributed by atoms with van der Waals surface area (Å²) in [5.41, 5.74) is 0.0442. The van der Waals surface area contributed by atoms with Gasteiger partial charge in [-0.3, -0.25) is 24.6 Å². The first kappa shape index (κ1) is 24.8. The molecule has 0 fully saturated rings. The van der Waals surface area contributed by atoms with Crippen LogP contribution in [0.4, 0.5) is 30.2 Å². The van der Waals surface area contributed by atoms with E-state index in [1.165, 1.54) is 19.1 Å². The van der Waals surface area contributed by atoms with E-state index in [0.29, 0.717) is 30.3 Å². The standard InChI is InChI=1S/C21H23F3N4O4/c1-3-10-27(12-19(30)26-16-8-7-14(22)20(23)21(16)24)11-9-18(29)25-15-5-4-6-17(13(15)2)28(31)32/h4-8H,3,9-12H2,1-2H3,(H,25,29)(H,26,30). The van der Waals surface area contributed by atoms with Gasteiger partial charge in [0, 0.05) is 19.0 Å². The topological polar surface area (TPSA) is 105 Å². The number of benzene rings is 2. The summed E-state index contributed by atoms with van der Waals surface area (Å²) in [6.45, 7) is 3.83. The molecule has 11 heteroatoms. The maximum Gasteiger partial charge on any atom is 0.274 e. The van der Waals surface area contributed by atoms with Gasteiger partial charge in [0.1, 0.15) is 0 Å². The Morgan fingerprint density at radius 2 is 1.69 bits per heavy atom. The molecule has 0 aliphatic rings. The zero-order valence-electron chi connectivity index (χ0n) is 17.6. The molecule has 2 amide bonds. The number of hydrogen-bond donors (Lipinski definition) is 2. The van der Waals surface area contributed by atoms with Gasteiger partial charge in [-0.15, -0.1) is 0 Å². The Morgan fingerprint density at radius 3 is 2.34 bits per heavy atom. The van der Waals surface area contributed by atoms with Crippen molar-refractivity contribution in [3.05, 3.63) is 63.5 Å². The number of amides is 2. The molecular weight excluding hydrogens is 429 g/mol. The average Bonchev–Trinajstić information content (AvgIpc) is 2.74. The second-order valence-electron chi connectivity index (χ2n) is 7.05. The summed E-state index contributed by atoms with van der Waals surface area (Å²) in [4.78, 5) is 36.7. The Balaban J connectivity index is 1.95. The molecule has 0 aliphatic heterocycles. The molecule has 2 aromatic rings. The molecule has 0 atom stereocenters. The van der Waals surface area contributed by atoms with E-state index in [9.17, 15) is 32.9 Å². The number of nitro groups is 1. The Labute approximate surface area is 182 Å². The van der Waals surface area contributed by atoms with Gasteiger partial charge in [-0.2, -0.15) is 0 Å². The first-order valence-electron chi connectivity index (χ1n) is 9.83. The van der Waals surface area contributed by atoms with E-state index in [-0.39, 0.29) is 25.2 Å². The number of carbonyl (C=O) groups is 2. The lowest BCUT2D eigenvalue weighted by Crippen LogP contribution is -2.36. The monoisotopic (exact) mass is 452 g/mol. The first-order chi connectivity index (χ1) is 15.1. The highest BCUT2D eigenvalue weighted by molar-refractivity contribution is 5.93. The number of nitrogens with zero attached hydrogens (tertiary/aromatic N) is 2. The largest absolute Gasteiger partial charge is 0.326 e. The van der Waals surface area contributed by atoms with E-state index in [4.69, 9.17) is 0 Å². The number of carbonyl (C=O) groups excluding carboxylic acids is 2. The Morgan fingerprint density at radius 1 is 1.00 bits per heavy atom. The van der Waals surface area contributed by atoms with Gasteiger partial charge in [0.05, 0.1) is 28.4 Å². The van der Waals surface area contributed by atoms with Crippen molar-refractivity contribution in [2.45, 2.75) is 26.7 Å². The molecule has 0 saturated heterocycles. The van der Waals surface area contributed by atoms with Crippen LogP contribution in [-0.4, -0.2) is 41.3 Å². The number of nitro benzene ring substituents is 1. The van der Waals surface area contributed by atoms with Crippen LogP contribution in [0.5, 0.6) is 0 Å². The van der Waals surface area contributed by atoms with E-state index < -0.39 is 39.9 Å². The highest BCUT2D eigenvalue weighted by Crippen LogP contribution is 2.25. The predicted molar refractivity (Wildman–Crippen MR) is 113 cm³/mol. The molecule has 0 aliphatic carbocycles. The molecule has 0 spiro atoms. The van der Waals surface area contributed by atoms with Crippen LogP contribution in [0.2, 0.25) is 0 Å². The van der Waals surface area contributed by atoms with Gasteiger partial charge in [0.25, 0.3) is 5.69 Å². The number of nitrogens with one attached hydrogen (secondary N) is 2. The van der Waals surface area contributed by atoms with Crippen LogP contribution in [0, 0.1) is 34.5 Å². The molecule has 2 N–H and O–H groups in total. The minimum Gasteiger partial charge on any atom is -0.326 e. The van der Waals surface area contributed by atoms with Gasteiger partial charge in [0.15, 0.2) is 17.5 Å². The van der Waals surface area contributed by atoms with Gasteiger partial charge in [-0.05, 0) is 38.1 Å². The third-order valence-corrected chi connectivity index (χ3v) is 4.65. The molecule has 0 bridgehead atoms. The van der Waals surface area contributed by atoms with Crippen molar-refractivity contribution >= 4 is 28.9 Å². The molecule has 32 heavy (non-hydrogen) atoms. The minimum absolute atomic E-state index is 0.00501. The lowest BCUT2D eigenvalue weighted by atomic mass is 10.1. The molecule has 0 heterocycles. The number of halogens is 3. The van der Waals surface area contributed by atoms with Crippen molar-refractivity contribution in [2.75, 3.05) is 30.3 Å². The molecule has 0 aromatic heterocycles. The molecule has 0 unspecified atom stereocenters. The summed E-state index contributed by atoms with van der Waals surface area (Å²) in [5.74, 6) is -5.59. The van der Waals surface area contributed by atoms with Crippen LogP contribution in [-0.2, 0) is 9.59 Å². The highest BCUT2D eigenvalue weighted by atomic mass is 19.2. The fourth-order valence-corrected chi connectivity index (χ4v) is 3.03. The summed E-state index contributed by atoms with van der Waals surface area (Å²) < 4.78 is 40.1. The predicted octanol–water partition coefficient (Wildman–Crippen LogP) is 4.00. The van der Waals surface area contributed by atoms with Crippen molar-refractivity contribution in [1.82, 2.24) is 4.90 Å². The van der Waals surface area contributed by atoms with E-state index in [0.717, 1.165) is 6.07 Å². The van der Waals surface area contributed by atoms with Crippen molar-refractivity contribution < 1.29 is 27.7 Å². The fourth-order valence-electron chi connectivity index (χ4n) is 3.03. The Hall–Kier alpha value is -3.47. The minimum atomic E-state index is -1.68. The molecule has 2 rings (SSSR count). The van der Waals surface area contributed by atoms with Crippen molar-refractivity contribution in [3.63, 3.8) is 0 Å². The molecule has 2 aromatic carbocycles. The molecular formula is C21H23F3N4O4. The van der Waals surface area contributed by atoms with Crippen LogP contribution in [0.25, 0.3) is 0 Å². The first-order valence-corrected chi connectivity index (χ1v) is 9.83. The third kappa shape index (κ3) is 6.51. The normalized spacial score (nSPS) is 10.8. The van der Waals surface area contributed by atoms with E-state index in [1.54, 1.807) is 11.0 Å². The summed E-state index contributed by atoms with van der Waals surface area (Å²) in [7, 11) is 0. The molecule has 0 saturated carbocycles. The maximum absolute atomic E-state index is 13.7. The van der Waals surface area contributed by atoms with Crippen LogP contribution >= 0.6 is 0 Å². The van der Waals surface area contributed by atoms with Gasteiger partial charge in [-0.25, -0.2) is 13.2 Å². The molecule has 8 nitrogen and oxygen atoms in total. The van der Waals surface area contributed by atoms with E-state index >= 15 is 0 Å². The smallest absolute Gasteiger partial charge is 0.274 e. The molecule has 172 valence electrons. The maximum atomic E-state index is 13.7. The van der Waals surface area contributed by atoms with Crippen LogP contribution in [0.15, 0.2) is 30.3 Å². The SMILES string of the molecule is CCCN(CCC(=O)Nc1cccc([N+](=O)[O-])c1C)CC(=O)Nc1ccc(F)c(F)c1F. The van der Waals surface area contributed by atoms with Gasteiger partial charge < -0.3 is 10.6 Å². The summed E-state index contributed by atoms with van der Waals surface area (Å²) >= 11 is 0. The van der Waals surface area contributed by atoms with Crippen LogP contribution in [0.1, 0.15) is 25.3 Å². The van der Waals surface area contributed by atoms with Crippen LogP contribution < -0.4 is 10.6 Å². The summed E-state index contributed by atoms with van der Waals surface area (Å²) in [5, 5.41) is 15.8. The zero-order valence-corrected chi connectivity index (χ0v) is 17.6. The summed E-state index contributed by atoms with van der Waals surface area (Å²) in [6, 6.07) is 5.98. The number of rotatable bonds is 10. The fraction of sp³-hybridized carbons (Fsp3) is 0.333. The zero-order chi connectivity index (χ0) is 23.8. The van der Waals surface area contributed by atoms with Crippen molar-refractivity contribution in [3.8, 4) is 0 Å². The lowest BCUT2D eigenvalue weighted by molar-refractivity contribution is -0.385. The molecule has 0 radical (unpaired) electrons. The van der Waals surface area contributed by atoms with Gasteiger partial charge in [-0.1, -0.05) is 13.0 Å². The number of hydrogen-bond acceptors (Lipinski definition) is 5. The second kappa shape index (κ2) is 11.2. The van der Waals surface area contributed by atoms with Gasteiger partial charge in [0.2, 0.25) is 11.8 Å². The highest BCUT2D eigenvalue weighted by Gasteiger charge is 2.18. The quantitative estimate of drug-likeness (QED) is 0.322. The van der Waals surface area contributed by atoms with Crippen molar-refractivity contribution in [1.29, 1.82) is 0 Å². The van der Waals surface area contributed by atoms with E-state index in [1.807, 2.05) is 6.92 Å². The lowest BCUT2D eigenvalue weighted by Gasteiger charge is -2.21. The van der Waals surface area contributed by atoms with Crippen LogP contribution in [0.3, 0.4) is 0 Å². The summed E-state index contributed by atoms with van der Waals surface area (Å²) in [6.07, 6.45) is 0.660. The second-order valence-corrected chi connectivity index (χ2v) is 7.05. The van der Waals surface area contributed by atoms with E-state index in [2.05, 4.69) is 10.6 Å². The average molecular weight is 452 g/mol. The van der Waals surface area contributed by atoms with Gasteiger partial charge >= 0.3 is 0 Å².